The van der Waals surface area contributed by atoms with Gasteiger partial charge in [-0.25, -0.2) is 13.4 Å². The van der Waals surface area contributed by atoms with Gasteiger partial charge in [-0.05, 0) is 61.6 Å². The molecule has 1 amide bonds. The van der Waals surface area contributed by atoms with E-state index in [2.05, 4.69) is 18.8 Å². The van der Waals surface area contributed by atoms with E-state index in [0.717, 1.165) is 25.7 Å². The number of sulfonamides is 1. The summed E-state index contributed by atoms with van der Waals surface area (Å²) in [4.78, 5) is 24.5. The summed E-state index contributed by atoms with van der Waals surface area (Å²) in [6.07, 6.45) is 5.27. The normalized spacial score (nSPS) is 15.5. The molecule has 1 saturated heterocycles. The number of piperidine rings is 1. The lowest BCUT2D eigenvalue weighted by molar-refractivity contribution is 0.0795. The summed E-state index contributed by atoms with van der Waals surface area (Å²) in [5.74, 6) is 0.375. The molecule has 0 saturated carbocycles. The zero-order valence-corrected chi connectivity index (χ0v) is 20.9. The van der Waals surface area contributed by atoms with Crippen LogP contribution in [0.25, 0.3) is 22.3 Å². The summed E-state index contributed by atoms with van der Waals surface area (Å²) >= 11 is 0. The number of hydrogen-bond donors (Lipinski definition) is 0. The number of nitrogens with zero attached hydrogens (tertiary/aromatic N) is 4. The fourth-order valence-corrected chi connectivity index (χ4v) is 5.76. The number of pyridine rings is 2. The van der Waals surface area contributed by atoms with Gasteiger partial charge in [0.25, 0.3) is 5.91 Å². The number of unbranched alkanes of at least 4 members (excludes halogenated alkanes) is 1. The minimum atomic E-state index is -3.65. The van der Waals surface area contributed by atoms with Gasteiger partial charge in [-0.1, -0.05) is 26.3 Å². The second kappa shape index (κ2) is 10.2. The number of carbonyl (C=O) groups excluding carboxylic acids is 1. The van der Waals surface area contributed by atoms with Gasteiger partial charge in [-0.2, -0.15) is 4.31 Å². The van der Waals surface area contributed by atoms with E-state index >= 15 is 0 Å². The van der Waals surface area contributed by atoms with Crippen LogP contribution in [0.3, 0.4) is 0 Å². The third-order valence-corrected chi connectivity index (χ3v) is 8.41. The minimum absolute atomic E-state index is 0.153. The molecule has 0 unspecified atom stereocenters. The number of benzene rings is 1. The Kier molecular flexibility index (Phi) is 7.28. The molecule has 0 radical (unpaired) electrons. The van der Waals surface area contributed by atoms with Crippen LogP contribution in [0.1, 0.15) is 49.9 Å². The predicted molar refractivity (Wildman–Crippen MR) is 134 cm³/mol. The summed E-state index contributed by atoms with van der Waals surface area (Å²) in [6.45, 7) is 5.89. The number of rotatable bonds is 7. The quantitative estimate of drug-likeness (QED) is 0.494. The van der Waals surface area contributed by atoms with Crippen LogP contribution in [0.4, 0.5) is 0 Å². The summed E-state index contributed by atoms with van der Waals surface area (Å²) < 4.78 is 28.3. The summed E-state index contributed by atoms with van der Waals surface area (Å²) in [5.41, 5.74) is 2.25. The number of carbonyl (C=O) groups is 1. The highest BCUT2D eigenvalue weighted by molar-refractivity contribution is 7.89. The fraction of sp³-hybridized carbons (Fsp3) is 0.423. The van der Waals surface area contributed by atoms with Crippen LogP contribution >= 0.6 is 0 Å². The van der Waals surface area contributed by atoms with E-state index in [1.807, 2.05) is 18.2 Å². The molecular weight excluding hydrogens is 448 g/mol. The summed E-state index contributed by atoms with van der Waals surface area (Å²) in [6, 6.07) is 12.2. The highest BCUT2D eigenvalue weighted by Gasteiger charge is 2.29. The monoisotopic (exact) mass is 480 g/mol. The van der Waals surface area contributed by atoms with Crippen molar-refractivity contribution < 1.29 is 13.2 Å². The zero-order chi connectivity index (χ0) is 24.3. The van der Waals surface area contributed by atoms with Crippen LogP contribution in [-0.4, -0.2) is 60.2 Å². The van der Waals surface area contributed by atoms with Crippen molar-refractivity contribution in [3.8, 4) is 11.4 Å². The number of fused-ring (bicyclic) bond motifs is 1. The van der Waals surface area contributed by atoms with Gasteiger partial charge in [0, 0.05) is 38.3 Å². The molecule has 0 N–H and O–H groups in total. The van der Waals surface area contributed by atoms with Crippen LogP contribution in [-0.2, 0) is 10.0 Å². The second-order valence-corrected chi connectivity index (χ2v) is 11.1. The van der Waals surface area contributed by atoms with Gasteiger partial charge in [0.05, 0.1) is 27.4 Å². The lowest BCUT2D eigenvalue weighted by Gasteiger charge is -2.29. The molecule has 7 nitrogen and oxygen atoms in total. The van der Waals surface area contributed by atoms with Crippen LogP contribution < -0.4 is 0 Å². The summed E-state index contributed by atoms with van der Waals surface area (Å²) in [7, 11) is -1.87. The SMILES string of the molecule is CCCCN(C)C(=O)c1cc(-c2ccccn2)nc2ccc(S(=O)(=O)N3CCC(C)CC3)cc12. The first-order chi connectivity index (χ1) is 16.3. The van der Waals surface area contributed by atoms with Gasteiger partial charge in [-0.15, -0.1) is 0 Å². The van der Waals surface area contributed by atoms with Crippen molar-refractivity contribution >= 4 is 26.8 Å². The zero-order valence-electron chi connectivity index (χ0n) is 20.1. The third-order valence-electron chi connectivity index (χ3n) is 6.51. The van der Waals surface area contributed by atoms with Gasteiger partial charge in [0.2, 0.25) is 10.0 Å². The average Bonchev–Trinajstić information content (AvgIpc) is 2.86. The molecule has 1 aliphatic heterocycles. The van der Waals surface area contributed by atoms with E-state index < -0.39 is 10.0 Å². The van der Waals surface area contributed by atoms with Crippen molar-refractivity contribution in [1.29, 1.82) is 0 Å². The molecule has 2 aromatic heterocycles. The molecule has 3 aromatic rings. The Morgan fingerprint density at radius 3 is 2.56 bits per heavy atom. The number of aromatic nitrogens is 2. The molecular formula is C26H32N4O3S. The van der Waals surface area contributed by atoms with Gasteiger partial charge in [-0.3, -0.25) is 9.78 Å². The lowest BCUT2D eigenvalue weighted by atomic mass is 10.0. The maximum Gasteiger partial charge on any atom is 0.254 e. The Bertz CT molecular complexity index is 1270. The third kappa shape index (κ3) is 4.98. The molecule has 0 bridgehead atoms. The number of hydrogen-bond acceptors (Lipinski definition) is 5. The van der Waals surface area contributed by atoms with Crippen molar-refractivity contribution in [2.75, 3.05) is 26.7 Å². The Hall–Kier alpha value is -2.84. The standard InChI is InChI=1S/C26H32N4O3S/c1-4-5-14-29(3)26(31)22-18-25(24-8-6-7-13-27-24)28-23-10-9-20(17-21(22)23)34(32,33)30-15-11-19(2)12-16-30/h6-10,13,17-19H,4-5,11-12,14-16H2,1-3H3. The Balaban J connectivity index is 1.82. The van der Waals surface area contributed by atoms with Gasteiger partial charge in [0.15, 0.2) is 0 Å². The molecule has 8 heteroatoms. The molecule has 1 aliphatic rings. The van der Waals surface area contributed by atoms with E-state index in [0.29, 0.717) is 53.4 Å². The van der Waals surface area contributed by atoms with E-state index in [-0.39, 0.29) is 10.8 Å². The largest absolute Gasteiger partial charge is 0.342 e. The molecule has 0 spiro atoms. The van der Waals surface area contributed by atoms with E-state index in [1.165, 1.54) is 0 Å². The first-order valence-electron chi connectivity index (χ1n) is 11.9. The maximum absolute atomic E-state index is 13.5. The molecule has 4 rings (SSSR count). The molecule has 180 valence electrons. The van der Waals surface area contributed by atoms with Crippen molar-refractivity contribution in [2.24, 2.45) is 5.92 Å². The van der Waals surface area contributed by atoms with Crippen LogP contribution in [0.15, 0.2) is 53.6 Å². The van der Waals surface area contributed by atoms with Crippen molar-refractivity contribution in [1.82, 2.24) is 19.2 Å². The van der Waals surface area contributed by atoms with Crippen molar-refractivity contribution in [3.05, 3.63) is 54.2 Å². The topological polar surface area (TPSA) is 83.5 Å². The Morgan fingerprint density at radius 2 is 1.88 bits per heavy atom. The van der Waals surface area contributed by atoms with Gasteiger partial charge < -0.3 is 4.90 Å². The van der Waals surface area contributed by atoms with Crippen LogP contribution in [0.5, 0.6) is 0 Å². The lowest BCUT2D eigenvalue weighted by Crippen LogP contribution is -2.37. The second-order valence-electron chi connectivity index (χ2n) is 9.12. The van der Waals surface area contributed by atoms with Gasteiger partial charge >= 0.3 is 0 Å². The maximum atomic E-state index is 13.5. The first-order valence-corrected chi connectivity index (χ1v) is 13.4. The highest BCUT2D eigenvalue weighted by Crippen LogP contribution is 2.29. The molecule has 34 heavy (non-hydrogen) atoms. The highest BCUT2D eigenvalue weighted by atomic mass is 32.2. The molecule has 1 fully saturated rings. The van der Waals surface area contributed by atoms with Crippen molar-refractivity contribution in [2.45, 2.75) is 44.4 Å². The Morgan fingerprint density at radius 1 is 1.12 bits per heavy atom. The first kappa shape index (κ1) is 24.3. The van der Waals surface area contributed by atoms with E-state index in [1.54, 1.807) is 46.7 Å². The van der Waals surface area contributed by atoms with Crippen LogP contribution in [0.2, 0.25) is 0 Å². The van der Waals surface area contributed by atoms with Gasteiger partial charge in [0.1, 0.15) is 0 Å². The smallest absolute Gasteiger partial charge is 0.254 e. The molecule has 3 heterocycles. The molecule has 0 aliphatic carbocycles. The van der Waals surface area contributed by atoms with Crippen molar-refractivity contribution in [3.63, 3.8) is 0 Å². The summed E-state index contributed by atoms with van der Waals surface area (Å²) in [5, 5.41) is 0.541. The number of amides is 1. The fourth-order valence-electron chi connectivity index (χ4n) is 4.26. The van der Waals surface area contributed by atoms with Crippen LogP contribution in [0, 0.1) is 5.92 Å². The predicted octanol–water partition coefficient (Wildman–Crippen LogP) is 4.59. The Labute approximate surface area is 201 Å². The molecule has 1 aromatic carbocycles. The molecule has 0 atom stereocenters. The minimum Gasteiger partial charge on any atom is -0.342 e. The average molecular weight is 481 g/mol. The van der Waals surface area contributed by atoms with E-state index in [9.17, 15) is 13.2 Å². The van der Waals surface area contributed by atoms with E-state index in [4.69, 9.17) is 4.98 Å².